The van der Waals surface area contributed by atoms with Gasteiger partial charge in [0.1, 0.15) is 5.75 Å². The monoisotopic (exact) mass is 496 g/mol. The van der Waals surface area contributed by atoms with Crippen LogP contribution in [0.1, 0.15) is 10.4 Å². The summed E-state index contributed by atoms with van der Waals surface area (Å²) < 4.78 is 83.6. The molecule has 0 saturated carbocycles. The molecule has 2 heterocycles. The van der Waals surface area contributed by atoms with Crippen LogP contribution in [-0.2, 0) is 29.7 Å². The van der Waals surface area contributed by atoms with E-state index >= 15 is 0 Å². The minimum atomic E-state index is -4.80. The summed E-state index contributed by atoms with van der Waals surface area (Å²) in [6.45, 7) is 0.764. The highest BCUT2D eigenvalue weighted by molar-refractivity contribution is 7.89. The summed E-state index contributed by atoms with van der Waals surface area (Å²) in [5, 5.41) is 0. The number of rotatable bonds is 7. The fourth-order valence-electron chi connectivity index (χ4n) is 3.58. The van der Waals surface area contributed by atoms with Crippen molar-refractivity contribution in [1.29, 1.82) is 0 Å². The molecule has 1 aromatic rings. The van der Waals surface area contributed by atoms with Gasteiger partial charge in [0.2, 0.25) is 10.0 Å². The Balaban J connectivity index is 1.97. The number of benzene rings is 1. The number of methoxy groups -OCH3 is 2. The zero-order valence-electron chi connectivity index (χ0n) is 17.7. The number of carbonyl (C=O) groups is 1. The third-order valence-corrected chi connectivity index (χ3v) is 7.75. The quantitative estimate of drug-likeness (QED) is 0.474. The van der Waals surface area contributed by atoms with Crippen molar-refractivity contribution < 1.29 is 44.5 Å². The normalized spacial score (nSPS) is 20.7. The predicted molar refractivity (Wildman–Crippen MR) is 110 cm³/mol. The lowest BCUT2D eigenvalue weighted by atomic mass is 10.1. The van der Waals surface area contributed by atoms with Gasteiger partial charge in [-0.3, -0.25) is 4.79 Å². The molecule has 2 aliphatic heterocycles. The van der Waals surface area contributed by atoms with E-state index in [0.29, 0.717) is 0 Å². The van der Waals surface area contributed by atoms with Gasteiger partial charge < -0.3 is 23.8 Å². The number of ether oxygens (including phenoxy) is 4. The first-order chi connectivity index (χ1) is 15.1. The van der Waals surface area contributed by atoms with Crippen LogP contribution in [-0.4, -0.2) is 104 Å². The van der Waals surface area contributed by atoms with Crippen LogP contribution in [0.3, 0.4) is 0 Å². The minimum Gasteiger partial charge on any atom is -0.493 e. The van der Waals surface area contributed by atoms with E-state index in [1.54, 1.807) is 0 Å². The third-order valence-electron chi connectivity index (χ3n) is 5.10. The molecule has 2 fully saturated rings. The Bertz CT molecular complexity index is 1060. The van der Waals surface area contributed by atoms with Gasteiger partial charge in [0.05, 0.1) is 50.6 Å². The zero-order chi connectivity index (χ0) is 23.5. The maximum Gasteiger partial charge on any atom is 0.305 e. The lowest BCUT2D eigenvalue weighted by molar-refractivity contribution is -0.0113. The molecule has 0 spiro atoms. The molecular weight excluding hydrogens is 471 g/mol. The van der Waals surface area contributed by atoms with Crippen molar-refractivity contribution in [3.63, 3.8) is 0 Å². The van der Waals surface area contributed by atoms with E-state index in [0.717, 1.165) is 0 Å². The fraction of sp³-hybridized carbons (Fsp3) is 0.611. The molecule has 2 saturated heterocycles. The molecule has 3 rings (SSSR count). The van der Waals surface area contributed by atoms with Crippen LogP contribution in [0, 0.1) is 0 Å². The number of nitrogens with zero attached hydrogens (tertiary/aromatic N) is 2. The van der Waals surface area contributed by atoms with E-state index in [-0.39, 0.29) is 68.0 Å². The number of sulfonamides is 1. The smallest absolute Gasteiger partial charge is 0.305 e. The minimum absolute atomic E-state index is 0.00283. The van der Waals surface area contributed by atoms with Gasteiger partial charge in [0.25, 0.3) is 5.91 Å². The molecule has 0 aromatic heterocycles. The summed E-state index contributed by atoms with van der Waals surface area (Å²) in [6.07, 6.45) is -1.05. The van der Waals surface area contributed by atoms with Crippen LogP contribution >= 0.6 is 0 Å². The Kier molecular flexibility index (Phi) is 7.60. The topological polar surface area (TPSA) is 129 Å². The number of halogens is 1. The summed E-state index contributed by atoms with van der Waals surface area (Å²) in [5.74, 6) is -1.44. The van der Waals surface area contributed by atoms with E-state index in [2.05, 4.69) is 0 Å². The molecule has 0 bridgehead atoms. The summed E-state index contributed by atoms with van der Waals surface area (Å²) in [7, 11) is -6.13. The lowest BCUT2D eigenvalue weighted by Crippen LogP contribution is -2.47. The lowest BCUT2D eigenvalue weighted by Gasteiger charge is -2.33. The second kappa shape index (κ2) is 9.87. The first-order valence-electron chi connectivity index (χ1n) is 9.74. The molecular formula is C18H25FN2O9S2. The molecule has 0 N–H and O–H groups in total. The molecule has 11 nitrogen and oxygen atoms in total. The van der Waals surface area contributed by atoms with E-state index in [1.165, 1.54) is 35.6 Å². The average molecular weight is 497 g/mol. The highest BCUT2D eigenvalue weighted by Gasteiger charge is 2.33. The zero-order valence-corrected chi connectivity index (χ0v) is 19.3. The SMILES string of the molecule is COc1cc(S(=O)(=O)N2CCOCC2)cc(C(=O)N2CCOC(CS(=O)(=O)F)C2)c1OC. The summed E-state index contributed by atoms with van der Waals surface area (Å²) in [4.78, 5) is 14.4. The van der Waals surface area contributed by atoms with E-state index in [9.17, 15) is 25.5 Å². The van der Waals surface area contributed by atoms with Gasteiger partial charge in [-0.25, -0.2) is 8.42 Å². The van der Waals surface area contributed by atoms with Crippen molar-refractivity contribution in [3.05, 3.63) is 17.7 Å². The second-order valence-corrected chi connectivity index (χ2v) is 10.5. The van der Waals surface area contributed by atoms with Gasteiger partial charge in [0.15, 0.2) is 11.5 Å². The Labute approximate surface area is 186 Å². The molecule has 1 amide bonds. The van der Waals surface area contributed by atoms with E-state index < -0.39 is 38.0 Å². The number of carbonyl (C=O) groups excluding carboxylic acids is 1. The van der Waals surface area contributed by atoms with Gasteiger partial charge in [0, 0.05) is 32.2 Å². The van der Waals surface area contributed by atoms with E-state index in [4.69, 9.17) is 18.9 Å². The molecule has 2 aliphatic rings. The van der Waals surface area contributed by atoms with Gasteiger partial charge >= 0.3 is 10.2 Å². The van der Waals surface area contributed by atoms with Gasteiger partial charge in [-0.1, -0.05) is 0 Å². The first kappa shape index (κ1) is 24.6. The van der Waals surface area contributed by atoms with Crippen molar-refractivity contribution in [3.8, 4) is 11.5 Å². The molecule has 1 atom stereocenters. The molecule has 1 aromatic carbocycles. The Morgan fingerprint density at radius 3 is 2.38 bits per heavy atom. The summed E-state index contributed by atoms with van der Waals surface area (Å²) >= 11 is 0. The van der Waals surface area contributed by atoms with Gasteiger partial charge in [-0.2, -0.15) is 12.7 Å². The standard InChI is InChI=1S/C18H25FN2O9S2/c1-27-16-10-14(32(25,26)21-4-6-29-7-5-21)9-15(17(16)28-2)18(22)20-3-8-30-13(11-20)12-31(19,23)24/h9-10,13H,3-8,11-12H2,1-2H3. The van der Waals surface area contributed by atoms with Crippen molar-refractivity contribution in [2.45, 2.75) is 11.0 Å². The van der Waals surface area contributed by atoms with Crippen LogP contribution in [0.5, 0.6) is 11.5 Å². The molecule has 1 unspecified atom stereocenters. The number of amides is 1. The average Bonchev–Trinajstić information content (AvgIpc) is 2.77. The number of morpholine rings is 2. The Morgan fingerprint density at radius 2 is 1.78 bits per heavy atom. The Morgan fingerprint density at radius 1 is 1.09 bits per heavy atom. The van der Waals surface area contributed by atoms with Crippen LogP contribution in [0.25, 0.3) is 0 Å². The molecule has 0 radical (unpaired) electrons. The molecule has 32 heavy (non-hydrogen) atoms. The summed E-state index contributed by atoms with van der Waals surface area (Å²) in [6, 6.07) is 2.48. The van der Waals surface area contributed by atoms with Crippen LogP contribution < -0.4 is 9.47 Å². The number of hydrogen-bond donors (Lipinski definition) is 0. The van der Waals surface area contributed by atoms with E-state index in [1.807, 2.05) is 0 Å². The highest BCUT2D eigenvalue weighted by atomic mass is 32.3. The van der Waals surface area contributed by atoms with Crippen molar-refractivity contribution in [2.24, 2.45) is 0 Å². The number of hydrogen-bond acceptors (Lipinski definition) is 9. The predicted octanol–water partition coefficient (Wildman–Crippen LogP) is -0.135. The van der Waals surface area contributed by atoms with Gasteiger partial charge in [-0.05, 0) is 6.07 Å². The van der Waals surface area contributed by atoms with Crippen LogP contribution in [0.15, 0.2) is 17.0 Å². The summed E-state index contributed by atoms with van der Waals surface area (Å²) in [5.41, 5.74) is -0.0811. The molecule has 0 aliphatic carbocycles. The molecule has 180 valence electrons. The van der Waals surface area contributed by atoms with Gasteiger partial charge in [-0.15, -0.1) is 3.89 Å². The highest BCUT2D eigenvalue weighted by Crippen LogP contribution is 2.36. The second-order valence-electron chi connectivity index (χ2n) is 7.17. The largest absolute Gasteiger partial charge is 0.493 e. The third kappa shape index (κ3) is 5.49. The Hall–Kier alpha value is -2.00. The fourth-order valence-corrected chi connectivity index (χ4v) is 5.68. The molecule has 14 heteroatoms. The van der Waals surface area contributed by atoms with Crippen molar-refractivity contribution in [2.75, 3.05) is 66.0 Å². The maximum absolute atomic E-state index is 13.3. The van der Waals surface area contributed by atoms with Crippen LogP contribution in [0.4, 0.5) is 3.89 Å². The first-order valence-corrected chi connectivity index (χ1v) is 12.7. The van der Waals surface area contributed by atoms with Crippen molar-refractivity contribution in [1.82, 2.24) is 9.21 Å². The van der Waals surface area contributed by atoms with Crippen LogP contribution in [0.2, 0.25) is 0 Å². The maximum atomic E-state index is 13.3. The van der Waals surface area contributed by atoms with Crippen molar-refractivity contribution >= 4 is 26.2 Å².